The highest BCUT2D eigenvalue weighted by molar-refractivity contribution is 5.35. The second-order valence-electron chi connectivity index (χ2n) is 4.27. The molecule has 2 unspecified atom stereocenters. The van der Waals surface area contributed by atoms with Gasteiger partial charge in [0.1, 0.15) is 0 Å². The van der Waals surface area contributed by atoms with Crippen LogP contribution in [0.25, 0.3) is 0 Å². The van der Waals surface area contributed by atoms with Gasteiger partial charge in [-0.2, -0.15) is 0 Å². The molecule has 2 aliphatic carbocycles. The Morgan fingerprint density at radius 3 is 2.85 bits per heavy atom. The van der Waals surface area contributed by atoms with E-state index in [1.54, 1.807) is 5.57 Å². The van der Waals surface area contributed by atoms with Gasteiger partial charge in [-0.05, 0) is 38.0 Å². The summed E-state index contributed by atoms with van der Waals surface area (Å²) in [6.45, 7) is 4.59. The quantitative estimate of drug-likeness (QED) is 0.421. The van der Waals surface area contributed by atoms with Crippen LogP contribution in [0.5, 0.6) is 0 Å². The van der Waals surface area contributed by atoms with Gasteiger partial charge in [-0.1, -0.05) is 24.5 Å². The predicted molar refractivity (Wildman–Crippen MR) is 55.9 cm³/mol. The molecule has 1 radical (unpaired) electrons. The topological polar surface area (TPSA) is 0 Å². The molecule has 0 N–H and O–H groups in total. The third kappa shape index (κ3) is 1.66. The molecule has 0 aliphatic heterocycles. The molecular formula is C13H17. The maximum Gasteiger partial charge on any atom is 0.0579 e. The second-order valence-corrected chi connectivity index (χ2v) is 4.27. The van der Waals surface area contributed by atoms with Crippen molar-refractivity contribution in [2.75, 3.05) is 0 Å². The lowest BCUT2D eigenvalue weighted by atomic mass is 9.76. The van der Waals surface area contributed by atoms with Crippen molar-refractivity contribution < 1.29 is 0 Å². The number of hydrogen-bond acceptors (Lipinski definition) is 0. The number of rotatable bonds is 1. The van der Waals surface area contributed by atoms with Crippen molar-refractivity contribution in [2.24, 2.45) is 11.8 Å². The van der Waals surface area contributed by atoms with E-state index in [4.69, 9.17) is 0 Å². The molecule has 0 saturated carbocycles. The molecule has 13 heavy (non-hydrogen) atoms. The lowest BCUT2D eigenvalue weighted by molar-refractivity contribution is 0.480. The van der Waals surface area contributed by atoms with Gasteiger partial charge in [0.25, 0.3) is 0 Å². The standard InChI is InChI=1S/C13H17/c1-10-6-3-4-8-12(10)13-9-5-7-11(13)2/h7,10,13H,3,5-6,9H2,1-2H3. The summed E-state index contributed by atoms with van der Waals surface area (Å²) < 4.78 is 0. The van der Waals surface area contributed by atoms with Crippen LogP contribution in [-0.2, 0) is 0 Å². The van der Waals surface area contributed by atoms with Crippen LogP contribution in [0.2, 0.25) is 0 Å². The molecular weight excluding hydrogens is 156 g/mol. The Balaban J connectivity index is 2.13. The molecule has 0 fully saturated rings. The average molecular weight is 173 g/mol. The summed E-state index contributed by atoms with van der Waals surface area (Å²) in [7, 11) is 0. The molecule has 0 bridgehead atoms. The molecule has 0 heterocycles. The first-order valence-electron chi connectivity index (χ1n) is 5.31. The minimum Gasteiger partial charge on any atom is -0.103 e. The largest absolute Gasteiger partial charge is 0.103 e. The Bertz CT molecular complexity index is 274. The van der Waals surface area contributed by atoms with E-state index in [0.717, 1.165) is 12.3 Å². The molecule has 0 amide bonds. The van der Waals surface area contributed by atoms with Crippen LogP contribution in [0.1, 0.15) is 39.5 Å². The molecule has 2 atom stereocenters. The number of allylic oxidation sites excluding steroid dienone is 2. The van der Waals surface area contributed by atoms with Crippen LogP contribution in [0.15, 0.2) is 11.6 Å². The third-order valence-electron chi connectivity index (χ3n) is 3.31. The molecule has 0 saturated heterocycles. The van der Waals surface area contributed by atoms with Gasteiger partial charge in [0.15, 0.2) is 0 Å². The molecule has 2 aliphatic rings. The van der Waals surface area contributed by atoms with E-state index in [2.05, 4.69) is 31.8 Å². The van der Waals surface area contributed by atoms with E-state index < -0.39 is 0 Å². The Hall–Kier alpha value is -0.700. The van der Waals surface area contributed by atoms with Crippen molar-refractivity contribution in [3.63, 3.8) is 0 Å². The van der Waals surface area contributed by atoms with Gasteiger partial charge in [0, 0.05) is 6.42 Å². The first kappa shape index (κ1) is 8.88. The van der Waals surface area contributed by atoms with Gasteiger partial charge in [0.05, 0.1) is 5.92 Å². The summed E-state index contributed by atoms with van der Waals surface area (Å²) in [4.78, 5) is 0. The van der Waals surface area contributed by atoms with Crippen LogP contribution in [0.3, 0.4) is 0 Å². The van der Waals surface area contributed by atoms with E-state index >= 15 is 0 Å². The van der Waals surface area contributed by atoms with Crippen LogP contribution in [-0.4, -0.2) is 0 Å². The summed E-state index contributed by atoms with van der Waals surface area (Å²) in [5.41, 5.74) is 1.55. The highest BCUT2D eigenvalue weighted by Crippen LogP contribution is 2.39. The molecule has 0 aromatic carbocycles. The minimum absolute atomic E-state index is 0.697. The molecule has 0 spiro atoms. The average Bonchev–Trinajstić information content (AvgIpc) is 2.52. The van der Waals surface area contributed by atoms with Crippen molar-refractivity contribution in [3.8, 4) is 11.8 Å². The van der Waals surface area contributed by atoms with Crippen LogP contribution < -0.4 is 0 Å². The molecule has 0 heteroatoms. The Kier molecular flexibility index (Phi) is 2.44. The minimum atomic E-state index is 0.697. The maximum absolute atomic E-state index is 3.37. The first-order valence-corrected chi connectivity index (χ1v) is 5.31. The highest BCUT2D eigenvalue weighted by atomic mass is 14.3. The van der Waals surface area contributed by atoms with Crippen molar-refractivity contribution in [1.29, 1.82) is 0 Å². The predicted octanol–water partition coefficient (Wildman–Crippen LogP) is 3.35. The summed E-state index contributed by atoms with van der Waals surface area (Å²) in [6, 6.07) is 0. The van der Waals surface area contributed by atoms with Gasteiger partial charge in [-0.15, -0.1) is 5.92 Å². The normalized spacial score (nSPS) is 33.8. The van der Waals surface area contributed by atoms with E-state index in [1.807, 2.05) is 0 Å². The lowest BCUT2D eigenvalue weighted by Gasteiger charge is -2.27. The van der Waals surface area contributed by atoms with Crippen LogP contribution >= 0.6 is 0 Å². The van der Waals surface area contributed by atoms with Crippen LogP contribution in [0.4, 0.5) is 0 Å². The Labute approximate surface area is 81.4 Å². The van der Waals surface area contributed by atoms with E-state index in [-0.39, 0.29) is 0 Å². The Morgan fingerprint density at radius 1 is 1.38 bits per heavy atom. The summed E-state index contributed by atoms with van der Waals surface area (Å²) >= 11 is 0. The zero-order valence-corrected chi connectivity index (χ0v) is 8.56. The van der Waals surface area contributed by atoms with Gasteiger partial charge in [0.2, 0.25) is 0 Å². The van der Waals surface area contributed by atoms with E-state index in [0.29, 0.717) is 5.92 Å². The monoisotopic (exact) mass is 173 g/mol. The fourth-order valence-corrected chi connectivity index (χ4v) is 2.41. The summed E-state index contributed by atoms with van der Waals surface area (Å²) in [5, 5.41) is 0. The van der Waals surface area contributed by atoms with E-state index in [9.17, 15) is 0 Å². The SMILES string of the molecule is CC1=CCCC1[C]1C#CCCC1C. The second kappa shape index (κ2) is 3.58. The van der Waals surface area contributed by atoms with Gasteiger partial charge >= 0.3 is 0 Å². The maximum atomic E-state index is 3.37. The van der Waals surface area contributed by atoms with Gasteiger partial charge in [-0.25, -0.2) is 0 Å². The third-order valence-corrected chi connectivity index (χ3v) is 3.31. The van der Waals surface area contributed by atoms with Gasteiger partial charge < -0.3 is 0 Å². The zero-order chi connectivity index (χ0) is 9.26. The fourth-order valence-electron chi connectivity index (χ4n) is 2.41. The Morgan fingerprint density at radius 2 is 2.23 bits per heavy atom. The summed E-state index contributed by atoms with van der Waals surface area (Å²) in [5.74, 6) is 9.55. The van der Waals surface area contributed by atoms with E-state index in [1.165, 1.54) is 25.2 Å². The molecule has 0 aromatic heterocycles. The first-order chi connectivity index (χ1) is 6.29. The van der Waals surface area contributed by atoms with Gasteiger partial charge in [-0.3, -0.25) is 0 Å². The summed E-state index contributed by atoms with van der Waals surface area (Å²) in [6.07, 6.45) is 7.31. The number of hydrogen-bond donors (Lipinski definition) is 0. The molecule has 2 rings (SSSR count). The van der Waals surface area contributed by atoms with Crippen molar-refractivity contribution in [1.82, 2.24) is 0 Å². The molecule has 0 nitrogen and oxygen atoms in total. The zero-order valence-electron chi connectivity index (χ0n) is 8.56. The van der Waals surface area contributed by atoms with Crippen molar-refractivity contribution >= 4 is 0 Å². The smallest absolute Gasteiger partial charge is 0.0579 e. The fraction of sp³-hybridized carbons (Fsp3) is 0.615. The highest BCUT2D eigenvalue weighted by Gasteiger charge is 2.30. The van der Waals surface area contributed by atoms with Crippen molar-refractivity contribution in [2.45, 2.75) is 39.5 Å². The van der Waals surface area contributed by atoms with Crippen LogP contribution in [0, 0.1) is 29.6 Å². The lowest BCUT2D eigenvalue weighted by Crippen LogP contribution is -2.19. The molecule has 0 aromatic rings. The molecule has 69 valence electrons. The van der Waals surface area contributed by atoms with Crippen molar-refractivity contribution in [3.05, 3.63) is 17.6 Å².